The Kier molecular flexibility index (Phi) is 2.92. The average Bonchev–Trinajstić information content (AvgIpc) is 2.96. The number of likely N-dealkylation sites (tertiary alicyclic amines) is 1. The number of nitrogens with zero attached hydrogens (tertiary/aromatic N) is 2. The normalized spacial score (nSPS) is 38.4. The first-order valence-corrected chi connectivity index (χ1v) is 6.07. The summed E-state index contributed by atoms with van der Waals surface area (Å²) >= 11 is 0. The second-order valence-electron chi connectivity index (χ2n) is 4.81. The first-order chi connectivity index (χ1) is 7.42. The lowest BCUT2D eigenvalue weighted by Gasteiger charge is -2.32. The number of ether oxygens (including phenoxy) is 2. The van der Waals surface area contributed by atoms with Gasteiger partial charge in [0.05, 0.1) is 25.9 Å². The first kappa shape index (κ1) is 10.0. The molecule has 2 unspecified atom stereocenters. The Labute approximate surface area is 91.1 Å². The molecule has 0 aromatic rings. The first-order valence-electron chi connectivity index (χ1n) is 6.07. The standard InChI is InChI=1S/C11H20N2O2/c1-2-12(8-11-9-15-11)7-10(1)13-3-5-14-6-4-13/h10-11H,1-9H2. The van der Waals surface area contributed by atoms with Gasteiger partial charge in [-0.2, -0.15) is 0 Å². The van der Waals surface area contributed by atoms with Crippen LogP contribution in [0.25, 0.3) is 0 Å². The van der Waals surface area contributed by atoms with Crippen molar-refractivity contribution >= 4 is 0 Å². The molecule has 0 radical (unpaired) electrons. The van der Waals surface area contributed by atoms with E-state index in [0.29, 0.717) is 6.10 Å². The van der Waals surface area contributed by atoms with Crippen molar-refractivity contribution in [2.75, 3.05) is 52.5 Å². The van der Waals surface area contributed by atoms with E-state index in [1.165, 1.54) is 19.5 Å². The summed E-state index contributed by atoms with van der Waals surface area (Å²) in [6.45, 7) is 8.71. The lowest BCUT2D eigenvalue weighted by atomic mass is 10.2. The number of morpholine rings is 1. The zero-order chi connectivity index (χ0) is 10.1. The van der Waals surface area contributed by atoms with Crippen molar-refractivity contribution < 1.29 is 9.47 Å². The lowest BCUT2D eigenvalue weighted by Crippen LogP contribution is -2.44. The van der Waals surface area contributed by atoms with Gasteiger partial charge in [0.2, 0.25) is 0 Å². The van der Waals surface area contributed by atoms with E-state index in [-0.39, 0.29) is 0 Å². The minimum atomic E-state index is 0.549. The molecule has 0 aliphatic carbocycles. The van der Waals surface area contributed by atoms with Crippen LogP contribution in [-0.4, -0.2) is 74.5 Å². The Morgan fingerprint density at radius 3 is 2.67 bits per heavy atom. The van der Waals surface area contributed by atoms with Crippen LogP contribution in [0.3, 0.4) is 0 Å². The largest absolute Gasteiger partial charge is 0.379 e. The van der Waals surface area contributed by atoms with E-state index in [0.717, 1.165) is 45.5 Å². The number of hydrogen-bond donors (Lipinski definition) is 0. The molecule has 4 nitrogen and oxygen atoms in total. The molecule has 3 aliphatic heterocycles. The molecule has 0 saturated carbocycles. The fourth-order valence-electron chi connectivity index (χ4n) is 2.68. The lowest BCUT2D eigenvalue weighted by molar-refractivity contribution is 0.0184. The number of hydrogen-bond acceptors (Lipinski definition) is 4. The van der Waals surface area contributed by atoms with E-state index >= 15 is 0 Å². The van der Waals surface area contributed by atoms with E-state index in [4.69, 9.17) is 9.47 Å². The predicted octanol–water partition coefficient (Wildman–Crippen LogP) is -0.208. The van der Waals surface area contributed by atoms with Gasteiger partial charge in [-0.15, -0.1) is 0 Å². The van der Waals surface area contributed by atoms with E-state index in [9.17, 15) is 0 Å². The van der Waals surface area contributed by atoms with Gasteiger partial charge in [-0.25, -0.2) is 0 Å². The zero-order valence-corrected chi connectivity index (χ0v) is 9.23. The van der Waals surface area contributed by atoms with Gasteiger partial charge in [-0.3, -0.25) is 9.80 Å². The highest BCUT2D eigenvalue weighted by atomic mass is 16.6. The maximum Gasteiger partial charge on any atom is 0.0936 e. The van der Waals surface area contributed by atoms with Crippen molar-refractivity contribution in [3.05, 3.63) is 0 Å². The van der Waals surface area contributed by atoms with Crippen molar-refractivity contribution in [3.63, 3.8) is 0 Å². The molecule has 3 rings (SSSR count). The third-order valence-corrected chi connectivity index (χ3v) is 3.67. The maximum absolute atomic E-state index is 5.39. The SMILES string of the molecule is C1CN(C2CCN(CC3CO3)C2)CCO1. The van der Waals surface area contributed by atoms with Crippen LogP contribution in [0.5, 0.6) is 0 Å². The minimum absolute atomic E-state index is 0.549. The van der Waals surface area contributed by atoms with Crippen molar-refractivity contribution in [2.45, 2.75) is 18.6 Å². The second kappa shape index (κ2) is 4.37. The van der Waals surface area contributed by atoms with Gasteiger partial charge in [-0.1, -0.05) is 0 Å². The van der Waals surface area contributed by atoms with E-state index < -0.39 is 0 Å². The van der Waals surface area contributed by atoms with Crippen molar-refractivity contribution in [3.8, 4) is 0 Å². The van der Waals surface area contributed by atoms with Crippen LogP contribution in [0.2, 0.25) is 0 Å². The summed E-state index contributed by atoms with van der Waals surface area (Å²) in [5, 5.41) is 0. The molecule has 3 heterocycles. The molecular weight excluding hydrogens is 192 g/mol. The molecule has 0 spiro atoms. The average molecular weight is 212 g/mol. The quantitative estimate of drug-likeness (QED) is 0.605. The summed E-state index contributed by atoms with van der Waals surface area (Å²) in [5.41, 5.74) is 0. The summed E-state index contributed by atoms with van der Waals surface area (Å²) < 4.78 is 10.7. The summed E-state index contributed by atoms with van der Waals surface area (Å²) in [6, 6.07) is 0.771. The highest BCUT2D eigenvalue weighted by Gasteiger charge is 2.32. The molecule has 3 saturated heterocycles. The molecule has 0 aromatic carbocycles. The maximum atomic E-state index is 5.39. The molecule has 15 heavy (non-hydrogen) atoms. The Balaban J connectivity index is 1.46. The summed E-state index contributed by atoms with van der Waals surface area (Å²) in [6.07, 6.45) is 1.88. The van der Waals surface area contributed by atoms with Crippen molar-refractivity contribution in [1.82, 2.24) is 9.80 Å². The second-order valence-corrected chi connectivity index (χ2v) is 4.81. The van der Waals surface area contributed by atoms with Gasteiger partial charge in [0, 0.05) is 32.2 Å². The molecular formula is C11H20N2O2. The molecule has 3 fully saturated rings. The van der Waals surface area contributed by atoms with E-state index in [1.807, 2.05) is 0 Å². The third kappa shape index (κ3) is 2.50. The van der Waals surface area contributed by atoms with Gasteiger partial charge in [0.1, 0.15) is 0 Å². The summed E-state index contributed by atoms with van der Waals surface area (Å²) in [7, 11) is 0. The van der Waals surface area contributed by atoms with Gasteiger partial charge in [0.15, 0.2) is 0 Å². The fraction of sp³-hybridized carbons (Fsp3) is 1.00. The molecule has 2 atom stereocenters. The van der Waals surface area contributed by atoms with Crippen molar-refractivity contribution in [1.29, 1.82) is 0 Å². The Hall–Kier alpha value is -0.160. The Bertz CT molecular complexity index is 215. The molecule has 0 N–H and O–H groups in total. The molecule has 0 bridgehead atoms. The van der Waals surface area contributed by atoms with Crippen LogP contribution >= 0.6 is 0 Å². The molecule has 86 valence electrons. The van der Waals surface area contributed by atoms with Crippen LogP contribution in [-0.2, 0) is 9.47 Å². The topological polar surface area (TPSA) is 28.2 Å². The number of epoxide rings is 1. The summed E-state index contributed by atoms with van der Waals surface area (Å²) in [5.74, 6) is 0. The highest BCUT2D eigenvalue weighted by Crippen LogP contribution is 2.19. The van der Waals surface area contributed by atoms with Crippen LogP contribution in [0.15, 0.2) is 0 Å². The monoisotopic (exact) mass is 212 g/mol. The number of rotatable bonds is 3. The van der Waals surface area contributed by atoms with Crippen LogP contribution in [0, 0.1) is 0 Å². The van der Waals surface area contributed by atoms with Gasteiger partial charge < -0.3 is 9.47 Å². The van der Waals surface area contributed by atoms with Crippen molar-refractivity contribution in [2.24, 2.45) is 0 Å². The highest BCUT2D eigenvalue weighted by molar-refractivity contribution is 4.87. The van der Waals surface area contributed by atoms with E-state index in [1.54, 1.807) is 0 Å². The van der Waals surface area contributed by atoms with Gasteiger partial charge in [-0.05, 0) is 13.0 Å². The molecule has 0 amide bonds. The van der Waals surface area contributed by atoms with E-state index in [2.05, 4.69) is 9.80 Å². The summed E-state index contributed by atoms with van der Waals surface area (Å²) in [4.78, 5) is 5.15. The van der Waals surface area contributed by atoms with Crippen LogP contribution in [0.4, 0.5) is 0 Å². The Morgan fingerprint density at radius 1 is 1.13 bits per heavy atom. The van der Waals surface area contributed by atoms with Crippen LogP contribution in [0.1, 0.15) is 6.42 Å². The Morgan fingerprint density at radius 2 is 1.93 bits per heavy atom. The van der Waals surface area contributed by atoms with Gasteiger partial charge >= 0.3 is 0 Å². The molecule has 4 heteroatoms. The van der Waals surface area contributed by atoms with Crippen LogP contribution < -0.4 is 0 Å². The smallest absolute Gasteiger partial charge is 0.0936 e. The zero-order valence-electron chi connectivity index (χ0n) is 9.23. The molecule has 3 aliphatic rings. The fourth-order valence-corrected chi connectivity index (χ4v) is 2.68. The minimum Gasteiger partial charge on any atom is -0.379 e. The third-order valence-electron chi connectivity index (χ3n) is 3.67. The van der Waals surface area contributed by atoms with Gasteiger partial charge in [0.25, 0.3) is 0 Å². The predicted molar refractivity (Wildman–Crippen MR) is 57.0 cm³/mol. The molecule has 0 aromatic heterocycles.